The number of nitrogens with one attached hydrogen (secondary N) is 4. The maximum Gasteiger partial charge on any atom is 0.407 e. The number of hydrogen-bond acceptors (Lipinski definition) is 7. The molecule has 0 spiro atoms. The van der Waals surface area contributed by atoms with Gasteiger partial charge in [-0.3, -0.25) is 9.59 Å². The van der Waals surface area contributed by atoms with E-state index in [9.17, 15) is 23.2 Å². The largest absolute Gasteiger partial charge is 0.453 e. The van der Waals surface area contributed by atoms with E-state index in [0.717, 1.165) is 67.4 Å². The predicted molar refractivity (Wildman–Crippen MR) is 222 cm³/mol. The van der Waals surface area contributed by atoms with Crippen molar-refractivity contribution in [2.24, 2.45) is 5.92 Å². The van der Waals surface area contributed by atoms with Crippen LogP contribution in [0.5, 0.6) is 0 Å². The van der Waals surface area contributed by atoms with Crippen LogP contribution in [-0.4, -0.2) is 99.3 Å². The maximum atomic E-state index is 15.0. The van der Waals surface area contributed by atoms with Gasteiger partial charge in [0.2, 0.25) is 11.8 Å². The van der Waals surface area contributed by atoms with Gasteiger partial charge in [0.1, 0.15) is 18.2 Å². The van der Waals surface area contributed by atoms with Crippen LogP contribution in [0.25, 0.3) is 33.6 Å². The summed E-state index contributed by atoms with van der Waals surface area (Å²) in [6.07, 6.45) is 7.94. The summed E-state index contributed by atoms with van der Waals surface area (Å²) in [5, 5.41) is 5.31. The predicted octanol–water partition coefficient (Wildman–Crippen LogP) is 8.28. The zero-order valence-electron chi connectivity index (χ0n) is 35.3. The number of fused-ring (bicyclic) bond motifs is 10. The quantitative estimate of drug-likeness (QED) is 0.117. The number of aromatic nitrogens is 4. The molecule has 328 valence electrons. The standard InChI is InChI=1S/C46H52F4N8O4/c1-22(2)40(51-3)43(60)58-21-46(49,50)16-34(58)42-53-18-32(56-42)30-12-10-28(37-24-6-8-26(14-24)39(30)37)27-9-11-29(38-25-7-5-23(13-25)36(27)38)31-17-52-41(55-31)33-15-45(47,48)20-57(33)35(59)19-54-44(61)62-4/h9-12,17-18,22-26,33-34,40,51H,5-8,13-16,19-21H2,1-4H3,(H,52,55)(H,53,56)(H,54,61)/t23?,24?,25?,26?,33?,34-,40?/m0/s1. The Bertz CT molecular complexity index is 2470. The first-order chi connectivity index (χ1) is 29.6. The molecule has 2 aliphatic heterocycles. The van der Waals surface area contributed by atoms with E-state index in [0.29, 0.717) is 35.2 Å². The van der Waals surface area contributed by atoms with Gasteiger partial charge in [-0.15, -0.1) is 0 Å². The van der Waals surface area contributed by atoms with Gasteiger partial charge in [0.25, 0.3) is 11.8 Å². The number of benzene rings is 2. The minimum atomic E-state index is -3.12. The van der Waals surface area contributed by atoms with Crippen molar-refractivity contribution >= 4 is 17.9 Å². The molecule has 4 aliphatic carbocycles. The number of likely N-dealkylation sites (N-methyl/N-ethyl adjacent to an activating group) is 1. The van der Waals surface area contributed by atoms with Crippen LogP contribution < -0.4 is 10.6 Å². The molecule has 4 fully saturated rings. The number of nitrogens with zero attached hydrogens (tertiary/aromatic N) is 4. The average molecular weight is 857 g/mol. The Hall–Kier alpha value is -5.25. The Balaban J connectivity index is 0.984. The fourth-order valence-corrected chi connectivity index (χ4v) is 12.1. The van der Waals surface area contributed by atoms with Crippen LogP contribution in [0.4, 0.5) is 22.4 Å². The molecule has 62 heavy (non-hydrogen) atoms. The maximum absolute atomic E-state index is 15.0. The Morgan fingerprint density at radius 2 is 1.18 bits per heavy atom. The summed E-state index contributed by atoms with van der Waals surface area (Å²) < 4.78 is 64.3. The monoisotopic (exact) mass is 856 g/mol. The molecule has 10 rings (SSSR count). The summed E-state index contributed by atoms with van der Waals surface area (Å²) in [7, 11) is 2.84. The zero-order chi connectivity index (χ0) is 43.4. The highest BCUT2D eigenvalue weighted by Gasteiger charge is 2.51. The highest BCUT2D eigenvalue weighted by atomic mass is 19.3. The van der Waals surface area contributed by atoms with Gasteiger partial charge >= 0.3 is 6.09 Å². The molecular formula is C46H52F4N8O4. The number of halogens is 4. The third-order valence-electron chi connectivity index (χ3n) is 14.7. The lowest BCUT2D eigenvalue weighted by atomic mass is 9.78. The first-order valence-corrected chi connectivity index (χ1v) is 21.9. The van der Waals surface area contributed by atoms with Gasteiger partial charge < -0.3 is 35.1 Å². The molecule has 4 heterocycles. The average Bonchev–Trinajstić information content (AvgIpc) is 4.10. The lowest BCUT2D eigenvalue weighted by Crippen LogP contribution is -2.48. The minimum absolute atomic E-state index is 0.0771. The van der Waals surface area contributed by atoms with Gasteiger partial charge in [0.05, 0.1) is 62.1 Å². The van der Waals surface area contributed by atoms with Crippen molar-refractivity contribution in [2.75, 3.05) is 33.8 Å². The molecule has 4 bridgehead atoms. The van der Waals surface area contributed by atoms with Crippen molar-refractivity contribution in [1.29, 1.82) is 0 Å². The molecular weight excluding hydrogens is 805 g/mol. The first kappa shape index (κ1) is 40.8. The van der Waals surface area contributed by atoms with Crippen LogP contribution in [0.1, 0.15) is 135 Å². The molecule has 4 aromatic rings. The number of carbonyl (C=O) groups is 3. The molecule has 6 unspecified atom stereocenters. The van der Waals surface area contributed by atoms with Crippen LogP contribution in [0.2, 0.25) is 0 Å². The number of aromatic amines is 2. The fourth-order valence-electron chi connectivity index (χ4n) is 12.1. The number of methoxy groups -OCH3 is 1. The van der Waals surface area contributed by atoms with E-state index in [2.05, 4.69) is 59.6 Å². The molecule has 3 amide bonds. The van der Waals surface area contributed by atoms with Crippen molar-refractivity contribution in [3.63, 3.8) is 0 Å². The highest BCUT2D eigenvalue weighted by molar-refractivity contribution is 5.86. The smallest absolute Gasteiger partial charge is 0.407 e. The van der Waals surface area contributed by atoms with E-state index in [4.69, 9.17) is 0 Å². The lowest BCUT2D eigenvalue weighted by Gasteiger charge is -2.29. The van der Waals surface area contributed by atoms with E-state index in [1.54, 1.807) is 19.4 Å². The summed E-state index contributed by atoms with van der Waals surface area (Å²) >= 11 is 0. The Kier molecular flexibility index (Phi) is 9.83. The molecule has 12 nitrogen and oxygen atoms in total. The van der Waals surface area contributed by atoms with E-state index in [1.807, 2.05) is 13.8 Å². The molecule has 4 N–H and O–H groups in total. The molecule has 16 heteroatoms. The number of hydrogen-bond donors (Lipinski definition) is 4. The van der Waals surface area contributed by atoms with Crippen LogP contribution in [0, 0.1) is 5.92 Å². The van der Waals surface area contributed by atoms with Gasteiger partial charge in [-0.25, -0.2) is 32.3 Å². The Morgan fingerprint density at radius 1 is 0.742 bits per heavy atom. The molecule has 2 saturated heterocycles. The SMILES string of the molecule is CNC(C(=O)N1CC(F)(F)C[C@H]1c1ncc(-c2ccc(-c3ccc(-c4cnc(C5CC(F)(F)CN5C(=O)CNC(=O)OC)[nH]4)c4c3C3CCC4C3)c3c2C2CCC3C2)[nH]1)C(C)C. The normalized spacial score (nSPS) is 26.7. The number of amides is 3. The second-order valence-electron chi connectivity index (χ2n) is 18.7. The Morgan fingerprint density at radius 3 is 1.63 bits per heavy atom. The van der Waals surface area contributed by atoms with Crippen molar-refractivity contribution in [3.8, 4) is 33.6 Å². The van der Waals surface area contributed by atoms with E-state index >= 15 is 8.78 Å². The summed E-state index contributed by atoms with van der Waals surface area (Å²) in [5.74, 6) is -5.09. The third-order valence-corrected chi connectivity index (χ3v) is 14.7. The van der Waals surface area contributed by atoms with Crippen molar-refractivity contribution in [2.45, 2.75) is 119 Å². The van der Waals surface area contributed by atoms with Gasteiger partial charge in [0, 0.05) is 24.0 Å². The fraction of sp³-hybridized carbons (Fsp3) is 0.543. The van der Waals surface area contributed by atoms with E-state index < -0.39 is 74.4 Å². The summed E-state index contributed by atoms with van der Waals surface area (Å²) in [6.45, 7) is 1.90. The summed E-state index contributed by atoms with van der Waals surface area (Å²) in [4.78, 5) is 56.6. The molecule has 2 aromatic heterocycles. The second kappa shape index (κ2) is 14.9. The van der Waals surface area contributed by atoms with Gasteiger partial charge in [-0.1, -0.05) is 38.1 Å². The van der Waals surface area contributed by atoms with Crippen LogP contribution >= 0.6 is 0 Å². The topological polar surface area (TPSA) is 148 Å². The number of H-pyrrole nitrogens is 2. The van der Waals surface area contributed by atoms with E-state index in [-0.39, 0.29) is 17.6 Å². The molecule has 2 aromatic carbocycles. The van der Waals surface area contributed by atoms with Crippen LogP contribution in [0.15, 0.2) is 36.7 Å². The van der Waals surface area contributed by atoms with Gasteiger partial charge in [-0.2, -0.15) is 0 Å². The van der Waals surface area contributed by atoms with E-state index in [1.165, 1.54) is 38.3 Å². The number of imidazole rings is 2. The molecule has 7 atom stereocenters. The zero-order valence-corrected chi connectivity index (χ0v) is 35.3. The summed E-state index contributed by atoms with van der Waals surface area (Å²) in [5.41, 5.74) is 11.2. The Labute approximate surface area is 357 Å². The third kappa shape index (κ3) is 6.69. The van der Waals surface area contributed by atoms with Crippen molar-refractivity contribution in [3.05, 3.63) is 70.6 Å². The van der Waals surface area contributed by atoms with Crippen molar-refractivity contribution in [1.82, 2.24) is 40.4 Å². The highest BCUT2D eigenvalue weighted by Crippen LogP contribution is 2.62. The van der Waals surface area contributed by atoms with Gasteiger partial charge in [-0.05, 0) is 109 Å². The van der Waals surface area contributed by atoms with Crippen molar-refractivity contribution < 1.29 is 36.7 Å². The molecule has 6 aliphatic rings. The summed E-state index contributed by atoms with van der Waals surface area (Å²) in [6, 6.07) is 6.23. The van der Waals surface area contributed by atoms with Crippen LogP contribution in [0.3, 0.4) is 0 Å². The number of rotatable bonds is 10. The van der Waals surface area contributed by atoms with Crippen LogP contribution in [-0.2, 0) is 14.3 Å². The molecule has 2 saturated carbocycles. The lowest BCUT2D eigenvalue weighted by molar-refractivity contribution is -0.136. The number of alkyl carbamates (subject to hydrolysis) is 1. The number of ether oxygens (including phenoxy) is 1. The number of likely N-dealkylation sites (tertiary alicyclic amines) is 2. The molecule has 0 radical (unpaired) electrons. The minimum Gasteiger partial charge on any atom is -0.453 e. The first-order valence-electron chi connectivity index (χ1n) is 21.9. The number of carbonyl (C=O) groups excluding carboxylic acids is 3. The van der Waals surface area contributed by atoms with Gasteiger partial charge in [0.15, 0.2) is 0 Å². The number of alkyl halides is 4. The second-order valence-corrected chi connectivity index (χ2v) is 18.7.